The first-order valence-corrected chi connectivity index (χ1v) is 9.19. The van der Waals surface area contributed by atoms with Crippen LogP contribution in [0.4, 0.5) is 0 Å². The Labute approximate surface area is 154 Å². The number of benzene rings is 1. The summed E-state index contributed by atoms with van der Waals surface area (Å²) in [4.78, 5) is 26.3. The summed E-state index contributed by atoms with van der Waals surface area (Å²) in [6.45, 7) is 4.92. The summed E-state index contributed by atoms with van der Waals surface area (Å²) >= 11 is 1.47. The van der Waals surface area contributed by atoms with E-state index in [0.717, 1.165) is 15.1 Å². The van der Waals surface area contributed by atoms with Crippen LogP contribution in [-0.2, 0) is 13.1 Å². The van der Waals surface area contributed by atoms with Gasteiger partial charge in [0.15, 0.2) is 11.5 Å². The molecule has 7 heteroatoms. The molecule has 1 aromatic carbocycles. The van der Waals surface area contributed by atoms with Crippen LogP contribution in [0.3, 0.4) is 0 Å². The van der Waals surface area contributed by atoms with Gasteiger partial charge in [-0.05, 0) is 37.6 Å². The highest BCUT2D eigenvalue weighted by molar-refractivity contribution is 7.19. The largest absolute Gasteiger partial charge is 0.454 e. The van der Waals surface area contributed by atoms with Crippen LogP contribution in [0.15, 0.2) is 35.3 Å². The fourth-order valence-electron chi connectivity index (χ4n) is 3.11. The molecule has 134 valence electrons. The van der Waals surface area contributed by atoms with Crippen molar-refractivity contribution in [2.75, 3.05) is 6.79 Å². The lowest BCUT2D eigenvalue weighted by Gasteiger charge is -2.07. The Bertz CT molecular complexity index is 1070. The molecule has 4 rings (SSSR count). The van der Waals surface area contributed by atoms with Gasteiger partial charge in [0.2, 0.25) is 6.79 Å². The van der Waals surface area contributed by atoms with Crippen molar-refractivity contribution in [3.05, 3.63) is 56.8 Å². The molecule has 0 atom stereocenters. The van der Waals surface area contributed by atoms with Crippen molar-refractivity contribution in [3.8, 4) is 11.5 Å². The number of ether oxygens (including phenoxy) is 2. The van der Waals surface area contributed by atoms with Crippen molar-refractivity contribution in [2.45, 2.75) is 26.9 Å². The summed E-state index contributed by atoms with van der Waals surface area (Å²) in [5, 5.41) is 3.41. The van der Waals surface area contributed by atoms with Crippen molar-refractivity contribution in [1.82, 2.24) is 9.88 Å². The minimum Gasteiger partial charge on any atom is -0.454 e. The minimum absolute atomic E-state index is 0.123. The number of rotatable bonds is 4. The number of aryl methyl sites for hydroxylation is 2. The standard InChI is InChI=1S/C19H18N2O4S/c1-3-21-7-6-15-17(19(21)23)16(11(2)26-15)18(22)20-9-12-4-5-13-14(8-12)25-10-24-13/h4-8H,3,9-10H2,1-2H3,(H,20,22). The Balaban J connectivity index is 1.62. The lowest BCUT2D eigenvalue weighted by molar-refractivity contribution is 0.0952. The van der Waals surface area contributed by atoms with Crippen molar-refractivity contribution in [3.63, 3.8) is 0 Å². The van der Waals surface area contributed by atoms with Crippen LogP contribution in [-0.4, -0.2) is 17.3 Å². The van der Waals surface area contributed by atoms with Gasteiger partial charge in [-0.2, -0.15) is 0 Å². The molecule has 0 spiro atoms. The summed E-state index contributed by atoms with van der Waals surface area (Å²) < 4.78 is 13.1. The second kappa shape index (κ2) is 6.49. The highest BCUT2D eigenvalue weighted by Crippen LogP contribution is 2.32. The Hall–Kier alpha value is -2.80. The van der Waals surface area contributed by atoms with E-state index in [-0.39, 0.29) is 18.3 Å². The van der Waals surface area contributed by atoms with Gasteiger partial charge < -0.3 is 19.4 Å². The van der Waals surface area contributed by atoms with Crippen LogP contribution in [0.5, 0.6) is 11.5 Å². The molecule has 0 aliphatic carbocycles. The lowest BCUT2D eigenvalue weighted by atomic mass is 10.1. The minimum atomic E-state index is -0.239. The maximum absolute atomic E-state index is 12.8. The molecule has 0 saturated carbocycles. The Morgan fingerprint density at radius 2 is 2.08 bits per heavy atom. The lowest BCUT2D eigenvalue weighted by Crippen LogP contribution is -2.26. The molecule has 0 radical (unpaired) electrons. The number of nitrogens with zero attached hydrogens (tertiary/aromatic N) is 1. The predicted molar refractivity (Wildman–Crippen MR) is 100 cm³/mol. The third-order valence-electron chi connectivity index (χ3n) is 4.45. The summed E-state index contributed by atoms with van der Waals surface area (Å²) in [5.41, 5.74) is 1.26. The smallest absolute Gasteiger partial charge is 0.260 e. The summed E-state index contributed by atoms with van der Waals surface area (Å²) in [7, 11) is 0. The molecule has 6 nitrogen and oxygen atoms in total. The maximum Gasteiger partial charge on any atom is 0.260 e. The zero-order valence-corrected chi connectivity index (χ0v) is 15.3. The van der Waals surface area contributed by atoms with E-state index >= 15 is 0 Å². The van der Waals surface area contributed by atoms with Crippen molar-refractivity contribution < 1.29 is 14.3 Å². The van der Waals surface area contributed by atoms with Gasteiger partial charge in [0, 0.05) is 28.9 Å². The van der Waals surface area contributed by atoms with E-state index in [9.17, 15) is 9.59 Å². The Morgan fingerprint density at radius 1 is 1.27 bits per heavy atom. The molecule has 1 aliphatic heterocycles. The number of carbonyl (C=O) groups is 1. The van der Waals surface area contributed by atoms with E-state index in [2.05, 4.69) is 5.32 Å². The fourth-order valence-corrected chi connectivity index (χ4v) is 4.16. The number of hydrogen-bond acceptors (Lipinski definition) is 5. The molecule has 1 amide bonds. The Morgan fingerprint density at radius 3 is 2.88 bits per heavy atom. The number of thiophene rings is 1. The zero-order chi connectivity index (χ0) is 18.3. The van der Waals surface area contributed by atoms with E-state index in [1.165, 1.54) is 11.3 Å². The fraction of sp³-hybridized carbons (Fsp3) is 0.263. The second-order valence-corrected chi connectivity index (χ2v) is 7.31. The zero-order valence-electron chi connectivity index (χ0n) is 14.5. The molecular weight excluding hydrogens is 352 g/mol. The average molecular weight is 370 g/mol. The third-order valence-corrected chi connectivity index (χ3v) is 5.52. The first-order valence-electron chi connectivity index (χ1n) is 8.37. The normalized spacial score (nSPS) is 12.5. The third kappa shape index (κ3) is 2.74. The SMILES string of the molecule is CCn1ccc2sc(C)c(C(=O)NCc3ccc4c(c3)OCO4)c2c1=O. The van der Waals surface area contributed by atoms with Gasteiger partial charge in [0.25, 0.3) is 11.5 Å². The first kappa shape index (κ1) is 16.7. The van der Waals surface area contributed by atoms with Gasteiger partial charge >= 0.3 is 0 Å². The molecule has 0 bridgehead atoms. The summed E-state index contributed by atoms with van der Waals surface area (Å²) in [6, 6.07) is 7.46. The van der Waals surface area contributed by atoms with Crippen molar-refractivity contribution >= 4 is 27.3 Å². The van der Waals surface area contributed by atoms with Gasteiger partial charge in [-0.1, -0.05) is 6.07 Å². The quantitative estimate of drug-likeness (QED) is 0.766. The molecule has 26 heavy (non-hydrogen) atoms. The average Bonchev–Trinajstić information content (AvgIpc) is 3.23. The number of aromatic nitrogens is 1. The van der Waals surface area contributed by atoms with E-state index < -0.39 is 0 Å². The number of fused-ring (bicyclic) bond motifs is 2. The van der Waals surface area contributed by atoms with Crippen LogP contribution >= 0.6 is 11.3 Å². The van der Waals surface area contributed by atoms with Crippen LogP contribution in [0.1, 0.15) is 27.7 Å². The summed E-state index contributed by atoms with van der Waals surface area (Å²) in [6.07, 6.45) is 1.77. The Kier molecular flexibility index (Phi) is 4.16. The molecule has 2 aromatic heterocycles. The molecule has 1 aliphatic rings. The number of nitrogens with one attached hydrogen (secondary N) is 1. The maximum atomic E-state index is 12.8. The second-order valence-electron chi connectivity index (χ2n) is 6.05. The molecule has 3 heterocycles. The van der Waals surface area contributed by atoms with Gasteiger partial charge in [0.1, 0.15) is 0 Å². The topological polar surface area (TPSA) is 69.6 Å². The van der Waals surface area contributed by atoms with Crippen LogP contribution < -0.4 is 20.3 Å². The molecule has 0 fully saturated rings. The monoisotopic (exact) mass is 370 g/mol. The van der Waals surface area contributed by atoms with E-state index in [1.54, 1.807) is 10.8 Å². The molecule has 0 unspecified atom stereocenters. The number of amides is 1. The van der Waals surface area contributed by atoms with E-state index in [4.69, 9.17) is 9.47 Å². The van der Waals surface area contributed by atoms with Crippen molar-refractivity contribution in [2.24, 2.45) is 0 Å². The van der Waals surface area contributed by atoms with Crippen LogP contribution in [0.25, 0.3) is 10.1 Å². The van der Waals surface area contributed by atoms with Gasteiger partial charge in [-0.15, -0.1) is 11.3 Å². The first-order chi connectivity index (χ1) is 12.6. The van der Waals surface area contributed by atoms with Crippen LogP contribution in [0.2, 0.25) is 0 Å². The number of pyridine rings is 1. The van der Waals surface area contributed by atoms with Gasteiger partial charge in [0.05, 0.1) is 10.9 Å². The van der Waals surface area contributed by atoms with Gasteiger partial charge in [-0.25, -0.2) is 0 Å². The number of hydrogen-bond donors (Lipinski definition) is 1. The number of carbonyl (C=O) groups excluding carboxylic acids is 1. The van der Waals surface area contributed by atoms with Gasteiger partial charge in [-0.3, -0.25) is 9.59 Å². The summed E-state index contributed by atoms with van der Waals surface area (Å²) in [5.74, 6) is 1.15. The van der Waals surface area contributed by atoms with Crippen LogP contribution in [0, 0.1) is 6.92 Å². The van der Waals surface area contributed by atoms with Crippen molar-refractivity contribution in [1.29, 1.82) is 0 Å². The van der Waals surface area contributed by atoms with E-state index in [1.807, 2.05) is 38.1 Å². The molecule has 3 aromatic rings. The van der Waals surface area contributed by atoms with E-state index in [0.29, 0.717) is 35.5 Å². The molecule has 1 N–H and O–H groups in total. The highest BCUT2D eigenvalue weighted by atomic mass is 32.1. The molecule has 0 saturated heterocycles. The highest BCUT2D eigenvalue weighted by Gasteiger charge is 2.20. The predicted octanol–water partition coefficient (Wildman–Crippen LogP) is 3.05. The molecular formula is C19H18N2O4S.